The van der Waals surface area contributed by atoms with Crippen LogP contribution in [0, 0.1) is 19.7 Å². The summed E-state index contributed by atoms with van der Waals surface area (Å²) in [5, 5.41) is 5.88. The van der Waals surface area contributed by atoms with Crippen LogP contribution in [-0.2, 0) is 24.3 Å². The fraction of sp³-hybridized carbons (Fsp3) is 0.304. The highest BCUT2D eigenvalue weighted by Gasteiger charge is 2.30. The fourth-order valence-corrected chi connectivity index (χ4v) is 4.01. The number of aromatic nitrogens is 3. The number of halogens is 1. The van der Waals surface area contributed by atoms with Gasteiger partial charge in [0, 0.05) is 30.7 Å². The molecule has 1 amide bonds. The number of nitrogen functional groups attached to an aromatic ring is 1. The molecule has 0 saturated carbocycles. The minimum atomic E-state index is -0.612. The second-order valence-electron chi connectivity index (χ2n) is 8.02. The number of hydrogen-bond acceptors (Lipinski definition) is 6. The number of fused-ring (bicyclic) bond motifs is 1. The lowest BCUT2D eigenvalue weighted by Crippen LogP contribution is -2.36. The molecule has 32 heavy (non-hydrogen) atoms. The molecule has 9 heteroatoms. The number of rotatable bonds is 6. The van der Waals surface area contributed by atoms with Gasteiger partial charge >= 0.3 is 0 Å². The highest BCUT2D eigenvalue weighted by Crippen LogP contribution is 2.24. The van der Waals surface area contributed by atoms with E-state index in [1.165, 1.54) is 16.7 Å². The lowest BCUT2D eigenvalue weighted by Gasteiger charge is -2.16. The number of anilines is 2. The van der Waals surface area contributed by atoms with Gasteiger partial charge in [-0.15, -0.1) is 0 Å². The van der Waals surface area contributed by atoms with Crippen molar-refractivity contribution in [2.45, 2.75) is 45.8 Å². The van der Waals surface area contributed by atoms with E-state index in [0.717, 1.165) is 16.8 Å². The van der Waals surface area contributed by atoms with E-state index in [0.29, 0.717) is 36.5 Å². The molecule has 1 aromatic carbocycles. The van der Waals surface area contributed by atoms with E-state index >= 15 is 0 Å². The summed E-state index contributed by atoms with van der Waals surface area (Å²) in [5.41, 5.74) is 9.14. The van der Waals surface area contributed by atoms with Crippen molar-refractivity contribution in [3.8, 4) is 0 Å². The van der Waals surface area contributed by atoms with Gasteiger partial charge in [0.1, 0.15) is 17.7 Å². The largest absolute Gasteiger partial charge is 0.384 e. The van der Waals surface area contributed by atoms with Gasteiger partial charge < -0.3 is 16.4 Å². The number of amides is 1. The van der Waals surface area contributed by atoms with Gasteiger partial charge in [-0.25, -0.2) is 14.4 Å². The van der Waals surface area contributed by atoms with Crippen molar-refractivity contribution in [1.82, 2.24) is 19.9 Å². The van der Waals surface area contributed by atoms with Gasteiger partial charge in [0.2, 0.25) is 5.91 Å². The quantitative estimate of drug-likeness (QED) is 0.547. The molecule has 0 saturated heterocycles. The van der Waals surface area contributed by atoms with Crippen molar-refractivity contribution in [3.63, 3.8) is 0 Å². The highest BCUT2D eigenvalue weighted by atomic mass is 19.1. The third kappa shape index (κ3) is 4.46. The first-order valence-corrected chi connectivity index (χ1v) is 10.4. The van der Waals surface area contributed by atoms with E-state index in [4.69, 9.17) is 5.73 Å². The summed E-state index contributed by atoms with van der Waals surface area (Å²) in [5.74, 6) is -0.00703. The zero-order valence-electron chi connectivity index (χ0n) is 18.0. The Morgan fingerprint density at radius 3 is 2.81 bits per heavy atom. The maximum atomic E-state index is 13.6. The molecular formula is C23H25FN6O2. The molecule has 0 bridgehead atoms. The van der Waals surface area contributed by atoms with Gasteiger partial charge in [-0.3, -0.25) is 14.2 Å². The van der Waals surface area contributed by atoms with Crippen LogP contribution < -0.4 is 21.9 Å². The zero-order chi connectivity index (χ0) is 22.8. The number of nitrogens with zero attached hydrogens (tertiary/aromatic N) is 3. The van der Waals surface area contributed by atoms with E-state index in [9.17, 15) is 14.0 Å². The summed E-state index contributed by atoms with van der Waals surface area (Å²) >= 11 is 0. The Labute approximate surface area is 184 Å². The van der Waals surface area contributed by atoms with Crippen LogP contribution in [0.5, 0.6) is 0 Å². The summed E-state index contributed by atoms with van der Waals surface area (Å²) in [4.78, 5) is 34.4. The predicted octanol–water partition coefficient (Wildman–Crippen LogP) is 2.39. The minimum Gasteiger partial charge on any atom is -0.384 e. The zero-order valence-corrected chi connectivity index (χ0v) is 18.0. The smallest absolute Gasteiger partial charge is 0.294 e. The number of hydrogen-bond donors (Lipinski definition) is 3. The number of carbonyl (C=O) groups excluding carboxylic acids is 1. The summed E-state index contributed by atoms with van der Waals surface area (Å²) in [6.45, 7) is 4.19. The van der Waals surface area contributed by atoms with E-state index in [2.05, 4.69) is 20.6 Å². The number of nitrogens with two attached hydrogens (primary N) is 1. The molecule has 1 aliphatic heterocycles. The third-order valence-corrected chi connectivity index (χ3v) is 5.59. The van der Waals surface area contributed by atoms with Crippen molar-refractivity contribution in [2.24, 2.45) is 0 Å². The minimum absolute atomic E-state index is 0.133. The number of pyridine rings is 1. The average molecular weight is 436 g/mol. The first kappa shape index (κ1) is 21.5. The molecule has 166 valence electrons. The standard InChI is InChI=1S/C23H25FN6O2/c1-13-7-15(9-17(24)8-13)10-26-21-23(32)30-18(12-27-21)4-5-19(30)22(31)28-11-16-3-6-20(25)29-14(16)2/h3,6-9,12,19H,4-5,10-11H2,1-2H3,(H2,25,29)(H,26,27)(H,28,31)/t19-/m1/s1. The van der Waals surface area contributed by atoms with Crippen LogP contribution in [0.1, 0.15) is 40.5 Å². The van der Waals surface area contributed by atoms with Crippen LogP contribution in [0.25, 0.3) is 0 Å². The van der Waals surface area contributed by atoms with E-state index in [-0.39, 0.29) is 29.6 Å². The lowest BCUT2D eigenvalue weighted by molar-refractivity contribution is -0.124. The topological polar surface area (TPSA) is 115 Å². The summed E-state index contributed by atoms with van der Waals surface area (Å²) in [6, 6.07) is 7.59. The molecule has 8 nitrogen and oxygen atoms in total. The Balaban J connectivity index is 1.49. The molecule has 0 spiro atoms. The van der Waals surface area contributed by atoms with Gasteiger partial charge in [0.15, 0.2) is 5.82 Å². The summed E-state index contributed by atoms with van der Waals surface area (Å²) < 4.78 is 15.1. The van der Waals surface area contributed by atoms with Crippen molar-refractivity contribution >= 4 is 17.5 Å². The molecular weight excluding hydrogens is 411 g/mol. The second kappa shape index (κ2) is 8.78. The lowest BCUT2D eigenvalue weighted by atomic mass is 10.1. The monoisotopic (exact) mass is 436 g/mol. The van der Waals surface area contributed by atoms with Crippen LogP contribution in [-0.4, -0.2) is 20.4 Å². The van der Waals surface area contributed by atoms with Crippen molar-refractivity contribution in [3.05, 3.63) is 80.8 Å². The molecule has 0 fully saturated rings. The number of carbonyl (C=O) groups is 1. The van der Waals surface area contributed by atoms with Gasteiger partial charge in [-0.2, -0.15) is 0 Å². The Hall–Kier alpha value is -3.75. The Morgan fingerprint density at radius 2 is 2.06 bits per heavy atom. The molecule has 4 N–H and O–H groups in total. The van der Waals surface area contributed by atoms with Crippen LogP contribution in [0.3, 0.4) is 0 Å². The molecule has 0 unspecified atom stereocenters. The molecule has 1 aliphatic rings. The molecule has 0 aliphatic carbocycles. The predicted molar refractivity (Wildman–Crippen MR) is 120 cm³/mol. The molecule has 0 radical (unpaired) electrons. The van der Waals surface area contributed by atoms with Crippen LogP contribution >= 0.6 is 0 Å². The molecule has 4 rings (SSSR count). The SMILES string of the molecule is Cc1cc(F)cc(CNc2ncc3n(c2=O)[C@@H](C(=O)NCc2ccc(N)nc2C)CC3)c1. The van der Waals surface area contributed by atoms with Crippen LogP contribution in [0.2, 0.25) is 0 Å². The Kier molecular flexibility index (Phi) is 5.89. The van der Waals surface area contributed by atoms with Crippen LogP contribution in [0.4, 0.5) is 16.0 Å². The normalized spacial score (nSPS) is 14.8. The second-order valence-corrected chi connectivity index (χ2v) is 8.02. The van der Waals surface area contributed by atoms with Crippen molar-refractivity contribution in [2.75, 3.05) is 11.1 Å². The summed E-state index contributed by atoms with van der Waals surface area (Å²) in [7, 11) is 0. The maximum Gasteiger partial charge on any atom is 0.294 e. The van der Waals surface area contributed by atoms with E-state index < -0.39 is 6.04 Å². The van der Waals surface area contributed by atoms with Crippen molar-refractivity contribution in [1.29, 1.82) is 0 Å². The van der Waals surface area contributed by atoms with E-state index in [1.807, 2.05) is 19.1 Å². The summed E-state index contributed by atoms with van der Waals surface area (Å²) in [6.07, 6.45) is 2.72. The van der Waals surface area contributed by atoms with Gasteiger partial charge in [-0.1, -0.05) is 12.1 Å². The van der Waals surface area contributed by atoms with Gasteiger partial charge in [-0.05, 0) is 61.6 Å². The number of aryl methyl sites for hydroxylation is 3. The molecule has 3 heterocycles. The molecule has 1 atom stereocenters. The number of nitrogens with one attached hydrogen (secondary N) is 2. The average Bonchev–Trinajstić information content (AvgIpc) is 3.17. The first-order valence-electron chi connectivity index (χ1n) is 10.4. The maximum absolute atomic E-state index is 13.6. The molecule has 3 aromatic rings. The first-order chi connectivity index (χ1) is 15.3. The number of benzene rings is 1. The molecule has 2 aromatic heterocycles. The Morgan fingerprint density at radius 1 is 1.25 bits per heavy atom. The van der Waals surface area contributed by atoms with Crippen LogP contribution in [0.15, 0.2) is 41.3 Å². The third-order valence-electron chi connectivity index (χ3n) is 5.59. The van der Waals surface area contributed by atoms with E-state index in [1.54, 1.807) is 19.2 Å². The fourth-order valence-electron chi connectivity index (χ4n) is 4.01. The highest BCUT2D eigenvalue weighted by molar-refractivity contribution is 5.81. The van der Waals surface area contributed by atoms with Crippen molar-refractivity contribution < 1.29 is 9.18 Å². The van der Waals surface area contributed by atoms with Gasteiger partial charge in [0.25, 0.3) is 5.56 Å². The Bertz CT molecular complexity index is 1220. The van der Waals surface area contributed by atoms with Gasteiger partial charge in [0.05, 0.1) is 0 Å².